The first-order valence-electron chi connectivity index (χ1n) is 14.4. The zero-order chi connectivity index (χ0) is 27.6. The fraction of sp³-hybridized carbons (Fsp3) is 0.314. The Morgan fingerprint density at radius 1 is 0.950 bits per heavy atom. The van der Waals surface area contributed by atoms with Crippen LogP contribution in [0.2, 0.25) is 0 Å². The maximum atomic E-state index is 13.7. The van der Waals surface area contributed by atoms with Crippen molar-refractivity contribution in [2.24, 2.45) is 5.92 Å². The molecule has 1 unspecified atom stereocenters. The molecule has 0 bridgehead atoms. The molecule has 2 heterocycles. The van der Waals surface area contributed by atoms with Crippen LogP contribution >= 0.6 is 0 Å². The molecule has 0 saturated heterocycles. The third kappa shape index (κ3) is 5.02. The first-order chi connectivity index (χ1) is 19.5. The van der Waals surface area contributed by atoms with Gasteiger partial charge in [0.25, 0.3) is 0 Å². The summed E-state index contributed by atoms with van der Waals surface area (Å²) < 4.78 is 2.26. The van der Waals surface area contributed by atoms with Gasteiger partial charge in [-0.25, -0.2) is 4.98 Å². The van der Waals surface area contributed by atoms with Gasteiger partial charge in [0.1, 0.15) is 5.65 Å². The molecule has 204 valence electrons. The van der Waals surface area contributed by atoms with Crippen LogP contribution in [0, 0.1) is 19.8 Å². The molecule has 2 N–H and O–H groups in total. The third-order valence-electron chi connectivity index (χ3n) is 8.58. The third-order valence-corrected chi connectivity index (χ3v) is 8.58. The highest BCUT2D eigenvalue weighted by Gasteiger charge is 2.33. The second-order valence-electron chi connectivity index (χ2n) is 11.3. The van der Waals surface area contributed by atoms with Crippen LogP contribution < -0.4 is 5.32 Å². The van der Waals surface area contributed by atoms with Crippen LogP contribution in [0.25, 0.3) is 16.6 Å². The number of aliphatic hydroxyl groups is 1. The second kappa shape index (κ2) is 11.3. The lowest BCUT2D eigenvalue weighted by Gasteiger charge is -2.26. The maximum Gasteiger partial charge on any atom is 0.228 e. The Bertz CT molecular complexity index is 1630. The lowest BCUT2D eigenvalue weighted by Crippen LogP contribution is -2.37. The fourth-order valence-electron chi connectivity index (χ4n) is 6.66. The van der Waals surface area contributed by atoms with E-state index < -0.39 is 6.04 Å². The van der Waals surface area contributed by atoms with Gasteiger partial charge in [0, 0.05) is 28.8 Å². The quantitative estimate of drug-likeness (QED) is 0.231. The fourth-order valence-corrected chi connectivity index (χ4v) is 6.66. The van der Waals surface area contributed by atoms with Gasteiger partial charge in [-0.2, -0.15) is 0 Å². The molecule has 1 amide bonds. The second-order valence-corrected chi connectivity index (χ2v) is 11.3. The molecule has 3 aromatic carbocycles. The van der Waals surface area contributed by atoms with E-state index in [-0.39, 0.29) is 18.4 Å². The number of rotatable bonds is 8. The average molecular weight is 532 g/mol. The summed E-state index contributed by atoms with van der Waals surface area (Å²) in [5, 5.41) is 14.5. The lowest BCUT2D eigenvalue weighted by molar-refractivity contribution is -0.124. The number of para-hydroxylation sites is 1. The molecular weight excluding hydrogens is 494 g/mol. The van der Waals surface area contributed by atoms with E-state index in [1.54, 1.807) is 0 Å². The number of hydrogen-bond acceptors (Lipinski definition) is 3. The predicted octanol–water partition coefficient (Wildman–Crippen LogP) is 6.82. The van der Waals surface area contributed by atoms with E-state index in [0.29, 0.717) is 5.92 Å². The van der Waals surface area contributed by atoms with Crippen LogP contribution in [0.15, 0.2) is 84.9 Å². The Morgan fingerprint density at radius 2 is 1.65 bits per heavy atom. The van der Waals surface area contributed by atoms with E-state index in [0.717, 1.165) is 54.6 Å². The van der Waals surface area contributed by atoms with Crippen LogP contribution in [0.1, 0.15) is 71.3 Å². The van der Waals surface area contributed by atoms with Crippen molar-refractivity contribution in [2.45, 2.75) is 57.9 Å². The highest BCUT2D eigenvalue weighted by molar-refractivity contribution is 5.91. The molecule has 1 aliphatic rings. The Morgan fingerprint density at radius 3 is 2.38 bits per heavy atom. The summed E-state index contributed by atoms with van der Waals surface area (Å²) in [5.41, 5.74) is 8.80. The summed E-state index contributed by atoms with van der Waals surface area (Å²) in [5.74, 6) is 0.0926. The summed E-state index contributed by atoms with van der Waals surface area (Å²) in [4.78, 5) is 18.7. The molecule has 1 aliphatic carbocycles. The monoisotopic (exact) mass is 531 g/mol. The van der Waals surface area contributed by atoms with Gasteiger partial charge in [-0.1, -0.05) is 85.6 Å². The lowest BCUT2D eigenvalue weighted by atomic mass is 9.83. The summed E-state index contributed by atoms with van der Waals surface area (Å²) >= 11 is 0. The van der Waals surface area contributed by atoms with Gasteiger partial charge in [-0.05, 0) is 61.4 Å². The van der Waals surface area contributed by atoms with Crippen molar-refractivity contribution >= 4 is 22.5 Å². The minimum atomic E-state index is -0.410. The molecule has 5 aromatic rings. The number of amides is 1. The molecule has 5 heteroatoms. The van der Waals surface area contributed by atoms with E-state index >= 15 is 0 Å². The zero-order valence-corrected chi connectivity index (χ0v) is 23.3. The molecule has 0 spiro atoms. The van der Waals surface area contributed by atoms with E-state index in [2.05, 4.69) is 78.2 Å². The molecule has 1 saturated carbocycles. The van der Waals surface area contributed by atoms with Gasteiger partial charge >= 0.3 is 0 Å². The van der Waals surface area contributed by atoms with Crippen LogP contribution in [0.4, 0.5) is 0 Å². The zero-order valence-electron chi connectivity index (χ0n) is 23.3. The van der Waals surface area contributed by atoms with Crippen molar-refractivity contribution < 1.29 is 9.90 Å². The number of benzene rings is 3. The van der Waals surface area contributed by atoms with Gasteiger partial charge in [0.15, 0.2) is 0 Å². The molecule has 0 radical (unpaired) electrons. The minimum Gasteiger partial charge on any atom is -0.394 e. The smallest absolute Gasteiger partial charge is 0.228 e. The molecular formula is C35H37N3O2. The number of aryl methyl sites for hydroxylation is 2. The Balaban J connectivity index is 1.30. The number of nitrogens with zero attached hydrogens (tertiary/aromatic N) is 2. The first-order valence-corrected chi connectivity index (χ1v) is 14.4. The van der Waals surface area contributed by atoms with E-state index in [9.17, 15) is 9.90 Å². The van der Waals surface area contributed by atoms with Crippen molar-refractivity contribution in [3.8, 4) is 0 Å². The maximum absolute atomic E-state index is 13.7. The van der Waals surface area contributed by atoms with E-state index in [1.165, 1.54) is 27.7 Å². The number of aromatic nitrogens is 2. The molecule has 1 fully saturated rings. The SMILES string of the molecule is Cc1cc(C)n2c(n1)c(Cc1ccc(C(C(=O)N[C@@H](CO)c3ccccc3)C3CCCC3)cc1)c1ccccc12. The van der Waals surface area contributed by atoms with Crippen LogP contribution in [-0.4, -0.2) is 27.0 Å². The molecule has 6 rings (SSSR count). The Labute approximate surface area is 235 Å². The minimum absolute atomic E-state index is 0.00197. The van der Waals surface area contributed by atoms with Crippen LogP contribution in [0.5, 0.6) is 0 Å². The number of hydrogen-bond donors (Lipinski definition) is 2. The summed E-state index contributed by atoms with van der Waals surface area (Å²) in [6.07, 6.45) is 5.21. The van der Waals surface area contributed by atoms with Gasteiger partial charge in [-0.3, -0.25) is 9.20 Å². The highest BCUT2D eigenvalue weighted by atomic mass is 16.3. The topological polar surface area (TPSA) is 66.6 Å². The average Bonchev–Trinajstić information content (AvgIpc) is 3.60. The summed E-state index contributed by atoms with van der Waals surface area (Å²) in [7, 11) is 0. The first kappa shape index (κ1) is 26.3. The van der Waals surface area contributed by atoms with Crippen LogP contribution in [-0.2, 0) is 11.2 Å². The number of carbonyl (C=O) groups excluding carboxylic acids is 1. The summed E-state index contributed by atoms with van der Waals surface area (Å²) in [6, 6.07) is 28.6. The summed E-state index contributed by atoms with van der Waals surface area (Å²) in [6.45, 7) is 4.06. The molecule has 0 aliphatic heterocycles. The largest absolute Gasteiger partial charge is 0.394 e. The van der Waals surface area contributed by atoms with E-state index in [1.807, 2.05) is 30.3 Å². The van der Waals surface area contributed by atoms with Crippen molar-refractivity contribution in [2.75, 3.05) is 6.61 Å². The Kier molecular flexibility index (Phi) is 7.40. The van der Waals surface area contributed by atoms with Crippen molar-refractivity contribution in [1.29, 1.82) is 0 Å². The number of carbonyl (C=O) groups is 1. The van der Waals surface area contributed by atoms with Gasteiger partial charge < -0.3 is 10.4 Å². The molecule has 2 aromatic heterocycles. The molecule has 2 atom stereocenters. The standard InChI is InChI=1S/C35H37N3O2/c1-23-20-24(2)38-32-15-9-8-14-29(32)30(34(38)36-23)21-25-16-18-28(19-17-25)33(27-12-6-7-13-27)35(40)37-31(22-39)26-10-4-3-5-11-26/h3-5,8-11,14-20,27,31,33,39H,6-7,12-13,21-22H2,1-2H3,(H,37,40)/t31-,33?/m0/s1. The normalized spacial score (nSPS) is 15.5. The molecule has 5 nitrogen and oxygen atoms in total. The number of nitrogens with one attached hydrogen (secondary N) is 1. The van der Waals surface area contributed by atoms with Crippen molar-refractivity contribution in [3.05, 3.63) is 119 Å². The van der Waals surface area contributed by atoms with Crippen LogP contribution in [0.3, 0.4) is 0 Å². The van der Waals surface area contributed by atoms with Gasteiger partial charge in [0.2, 0.25) is 5.91 Å². The van der Waals surface area contributed by atoms with Crippen molar-refractivity contribution in [1.82, 2.24) is 14.7 Å². The van der Waals surface area contributed by atoms with Crippen molar-refractivity contribution in [3.63, 3.8) is 0 Å². The van der Waals surface area contributed by atoms with E-state index in [4.69, 9.17) is 4.98 Å². The van der Waals surface area contributed by atoms with Gasteiger partial charge in [0.05, 0.1) is 24.1 Å². The van der Waals surface area contributed by atoms with Gasteiger partial charge in [-0.15, -0.1) is 0 Å². The highest BCUT2D eigenvalue weighted by Crippen LogP contribution is 2.38. The number of aliphatic hydroxyl groups excluding tert-OH is 1. The number of fused-ring (bicyclic) bond motifs is 3. The Hall–Kier alpha value is -3.96. The predicted molar refractivity (Wildman–Crippen MR) is 161 cm³/mol. The molecule has 40 heavy (non-hydrogen) atoms.